The van der Waals surface area contributed by atoms with Gasteiger partial charge in [-0.2, -0.15) is 0 Å². The van der Waals surface area contributed by atoms with Gasteiger partial charge in [-0.25, -0.2) is 0 Å². The number of anilines is 1. The monoisotopic (exact) mass is 288 g/mol. The Morgan fingerprint density at radius 1 is 1.33 bits per heavy atom. The molecule has 0 bridgehead atoms. The molecule has 0 aliphatic carbocycles. The molecule has 0 spiro atoms. The molecule has 1 saturated heterocycles. The van der Waals surface area contributed by atoms with E-state index in [4.69, 9.17) is 4.74 Å². The first-order valence-corrected chi connectivity index (χ1v) is 7.93. The third-order valence-electron chi connectivity index (χ3n) is 4.56. The average molecular weight is 288 g/mol. The minimum absolute atomic E-state index is 0.125. The molecule has 2 aliphatic heterocycles. The maximum atomic E-state index is 11.6. The largest absolute Gasteiger partial charge is 0.373 e. The normalized spacial score (nSPS) is 26.9. The molecule has 2 heterocycles. The summed E-state index contributed by atoms with van der Waals surface area (Å²) < 4.78 is 6.02. The summed E-state index contributed by atoms with van der Waals surface area (Å²) in [6.45, 7) is 2.14. The van der Waals surface area contributed by atoms with Gasteiger partial charge in [0, 0.05) is 12.1 Å². The first-order chi connectivity index (χ1) is 10.2. The van der Waals surface area contributed by atoms with E-state index in [1.165, 1.54) is 11.1 Å². The van der Waals surface area contributed by atoms with Crippen molar-refractivity contribution in [2.75, 3.05) is 12.4 Å². The first-order valence-electron chi connectivity index (χ1n) is 7.93. The van der Waals surface area contributed by atoms with Crippen molar-refractivity contribution in [1.29, 1.82) is 0 Å². The highest BCUT2D eigenvalue weighted by Gasteiger charge is 2.30. The van der Waals surface area contributed by atoms with Crippen LogP contribution in [0.15, 0.2) is 18.2 Å². The standard InChI is InChI=1S/C17H24N2O2/c1-11-6-9-15(21-11)17(18-2)13-7-8-14-12(10-13)4-3-5-16(20)19-14/h7-8,10-11,15,17-18H,3-6,9H2,1-2H3,(H,19,20). The second kappa shape index (κ2) is 6.16. The van der Waals surface area contributed by atoms with Crippen LogP contribution in [0.3, 0.4) is 0 Å². The minimum atomic E-state index is 0.125. The number of ether oxygens (including phenoxy) is 1. The van der Waals surface area contributed by atoms with Gasteiger partial charge in [-0.1, -0.05) is 12.1 Å². The minimum Gasteiger partial charge on any atom is -0.373 e. The summed E-state index contributed by atoms with van der Waals surface area (Å²) in [4.78, 5) is 11.6. The highest BCUT2D eigenvalue weighted by Crippen LogP contribution is 2.32. The van der Waals surface area contributed by atoms with E-state index >= 15 is 0 Å². The summed E-state index contributed by atoms with van der Waals surface area (Å²) in [6.07, 6.45) is 5.31. The number of benzene rings is 1. The van der Waals surface area contributed by atoms with Crippen LogP contribution >= 0.6 is 0 Å². The lowest BCUT2D eigenvalue weighted by atomic mass is 9.95. The first kappa shape index (κ1) is 14.5. The lowest BCUT2D eigenvalue weighted by molar-refractivity contribution is -0.116. The van der Waals surface area contributed by atoms with Crippen LogP contribution < -0.4 is 10.6 Å². The molecule has 1 aromatic carbocycles. The van der Waals surface area contributed by atoms with Crippen molar-refractivity contribution in [3.63, 3.8) is 0 Å². The molecule has 114 valence electrons. The summed E-state index contributed by atoms with van der Waals surface area (Å²) in [6, 6.07) is 6.60. The molecule has 2 N–H and O–H groups in total. The van der Waals surface area contributed by atoms with Crippen LogP contribution in [0.5, 0.6) is 0 Å². The van der Waals surface area contributed by atoms with Crippen molar-refractivity contribution in [2.45, 2.75) is 57.3 Å². The lowest BCUT2D eigenvalue weighted by Crippen LogP contribution is -2.29. The molecular weight excluding hydrogens is 264 g/mol. The van der Waals surface area contributed by atoms with Crippen molar-refractivity contribution >= 4 is 11.6 Å². The fourth-order valence-electron chi connectivity index (χ4n) is 3.43. The van der Waals surface area contributed by atoms with Crippen LogP contribution in [0.1, 0.15) is 49.8 Å². The summed E-state index contributed by atoms with van der Waals surface area (Å²) in [5.41, 5.74) is 3.47. The molecule has 4 nitrogen and oxygen atoms in total. The van der Waals surface area contributed by atoms with Crippen LogP contribution in [-0.4, -0.2) is 25.2 Å². The SMILES string of the molecule is CNC(c1ccc2c(c1)CCCC(=O)N2)C1CCC(C)O1. The van der Waals surface area contributed by atoms with Crippen LogP contribution in [0, 0.1) is 0 Å². The molecule has 0 radical (unpaired) electrons. The van der Waals surface area contributed by atoms with Gasteiger partial charge in [0.1, 0.15) is 0 Å². The van der Waals surface area contributed by atoms with Gasteiger partial charge in [0.2, 0.25) is 5.91 Å². The molecule has 1 aromatic rings. The van der Waals surface area contributed by atoms with Crippen molar-refractivity contribution in [1.82, 2.24) is 5.32 Å². The Morgan fingerprint density at radius 3 is 2.90 bits per heavy atom. The number of hydrogen-bond donors (Lipinski definition) is 2. The number of carbonyl (C=O) groups excluding carboxylic acids is 1. The zero-order chi connectivity index (χ0) is 14.8. The van der Waals surface area contributed by atoms with Gasteiger partial charge in [0.25, 0.3) is 0 Å². The molecule has 1 amide bonds. The third kappa shape index (κ3) is 3.11. The predicted molar refractivity (Wildman–Crippen MR) is 83.4 cm³/mol. The Balaban J connectivity index is 1.84. The van der Waals surface area contributed by atoms with Gasteiger partial charge in [-0.3, -0.25) is 4.79 Å². The number of amides is 1. The number of carbonyl (C=O) groups is 1. The smallest absolute Gasteiger partial charge is 0.224 e. The van der Waals surface area contributed by atoms with Crippen LogP contribution in [0.4, 0.5) is 5.69 Å². The van der Waals surface area contributed by atoms with Gasteiger partial charge in [0.05, 0.1) is 18.2 Å². The molecule has 0 saturated carbocycles. The number of rotatable bonds is 3. The maximum Gasteiger partial charge on any atom is 0.224 e. The van der Waals surface area contributed by atoms with Gasteiger partial charge in [0.15, 0.2) is 0 Å². The van der Waals surface area contributed by atoms with E-state index in [1.807, 2.05) is 13.1 Å². The van der Waals surface area contributed by atoms with Crippen molar-refractivity contribution in [2.24, 2.45) is 0 Å². The maximum absolute atomic E-state index is 11.6. The van der Waals surface area contributed by atoms with E-state index in [0.717, 1.165) is 31.4 Å². The van der Waals surface area contributed by atoms with E-state index in [1.54, 1.807) is 0 Å². The predicted octanol–water partition coefficient (Wildman–Crippen LogP) is 2.79. The highest BCUT2D eigenvalue weighted by atomic mass is 16.5. The topological polar surface area (TPSA) is 50.4 Å². The highest BCUT2D eigenvalue weighted by molar-refractivity contribution is 5.92. The second-order valence-electron chi connectivity index (χ2n) is 6.15. The molecule has 4 heteroatoms. The Kier molecular flexibility index (Phi) is 4.27. The molecule has 21 heavy (non-hydrogen) atoms. The van der Waals surface area contributed by atoms with E-state index in [9.17, 15) is 4.79 Å². The van der Waals surface area contributed by atoms with Gasteiger partial charge in [-0.05, 0) is 56.8 Å². The molecule has 1 fully saturated rings. The van der Waals surface area contributed by atoms with Crippen LogP contribution in [-0.2, 0) is 16.0 Å². The number of aryl methyl sites for hydroxylation is 1. The second-order valence-corrected chi connectivity index (χ2v) is 6.15. The van der Waals surface area contributed by atoms with Crippen molar-refractivity contribution < 1.29 is 9.53 Å². The zero-order valence-electron chi connectivity index (χ0n) is 12.8. The molecular formula is C17H24N2O2. The van der Waals surface area contributed by atoms with E-state index in [0.29, 0.717) is 12.5 Å². The molecule has 0 aromatic heterocycles. The van der Waals surface area contributed by atoms with E-state index < -0.39 is 0 Å². The Labute approximate surface area is 126 Å². The quantitative estimate of drug-likeness (QED) is 0.899. The summed E-state index contributed by atoms with van der Waals surface area (Å²) in [5.74, 6) is 0.125. The van der Waals surface area contributed by atoms with E-state index in [-0.39, 0.29) is 18.1 Å². The molecule has 2 aliphatic rings. The zero-order valence-corrected chi connectivity index (χ0v) is 12.8. The molecule has 3 unspecified atom stereocenters. The van der Waals surface area contributed by atoms with E-state index in [2.05, 4.69) is 29.7 Å². The number of nitrogens with one attached hydrogen (secondary N) is 2. The summed E-state index contributed by atoms with van der Waals surface area (Å²) in [5, 5.41) is 6.39. The fourth-order valence-corrected chi connectivity index (χ4v) is 3.43. The van der Waals surface area contributed by atoms with Crippen molar-refractivity contribution in [3.8, 4) is 0 Å². The molecule has 3 atom stereocenters. The van der Waals surface area contributed by atoms with Crippen LogP contribution in [0.25, 0.3) is 0 Å². The lowest BCUT2D eigenvalue weighted by Gasteiger charge is -2.24. The number of hydrogen-bond acceptors (Lipinski definition) is 3. The number of fused-ring (bicyclic) bond motifs is 1. The number of likely N-dealkylation sites (N-methyl/N-ethyl adjacent to an activating group) is 1. The van der Waals surface area contributed by atoms with Gasteiger partial charge in [-0.15, -0.1) is 0 Å². The Hall–Kier alpha value is -1.39. The Morgan fingerprint density at radius 2 is 2.19 bits per heavy atom. The third-order valence-corrected chi connectivity index (χ3v) is 4.56. The van der Waals surface area contributed by atoms with Crippen molar-refractivity contribution in [3.05, 3.63) is 29.3 Å². The molecule has 3 rings (SSSR count). The average Bonchev–Trinajstić information content (AvgIpc) is 2.79. The summed E-state index contributed by atoms with van der Waals surface area (Å²) in [7, 11) is 1.99. The summed E-state index contributed by atoms with van der Waals surface area (Å²) >= 11 is 0. The van der Waals surface area contributed by atoms with Gasteiger partial charge < -0.3 is 15.4 Å². The Bertz CT molecular complexity index is 530. The van der Waals surface area contributed by atoms with Crippen LogP contribution in [0.2, 0.25) is 0 Å². The fraction of sp³-hybridized carbons (Fsp3) is 0.588. The van der Waals surface area contributed by atoms with Gasteiger partial charge >= 0.3 is 0 Å².